The van der Waals surface area contributed by atoms with E-state index >= 15 is 0 Å². The van der Waals surface area contributed by atoms with Crippen LogP contribution >= 0.6 is 12.4 Å². The van der Waals surface area contributed by atoms with Crippen molar-refractivity contribution in [2.45, 2.75) is 13.3 Å². The predicted octanol–water partition coefficient (Wildman–Crippen LogP) is 2.97. The van der Waals surface area contributed by atoms with Crippen LogP contribution in [0.25, 0.3) is 0 Å². The zero-order chi connectivity index (χ0) is 11.8. The molecule has 4 heteroatoms. The molecule has 1 aromatic rings. The monoisotopic (exact) mass is 255 g/mol. The predicted molar refractivity (Wildman–Crippen MR) is 73.0 cm³/mol. The fraction of sp³-hybridized carbons (Fsp3) is 0.308. The zero-order valence-electron chi connectivity index (χ0n) is 9.87. The molecule has 0 fully saturated rings. The van der Waals surface area contributed by atoms with E-state index in [1.165, 1.54) is 6.08 Å². The Kier molecular flexibility index (Phi) is 7.89. The molecule has 1 aromatic carbocycles. The maximum Gasteiger partial charge on any atom is 0.328 e. The molecule has 94 valence electrons. The molecule has 3 nitrogen and oxygen atoms in total. The van der Waals surface area contributed by atoms with Gasteiger partial charge in [-0.05, 0) is 18.6 Å². The number of halogens is 1. The summed E-state index contributed by atoms with van der Waals surface area (Å²) < 4.78 is 0. The van der Waals surface area contributed by atoms with Gasteiger partial charge in [0.25, 0.3) is 0 Å². The van der Waals surface area contributed by atoms with E-state index in [4.69, 9.17) is 5.11 Å². The molecule has 0 aliphatic heterocycles. The van der Waals surface area contributed by atoms with Crippen LogP contribution in [0.1, 0.15) is 13.3 Å². The minimum Gasteiger partial charge on any atom is -0.478 e. The van der Waals surface area contributed by atoms with E-state index in [9.17, 15) is 4.79 Å². The molecule has 17 heavy (non-hydrogen) atoms. The van der Waals surface area contributed by atoms with Crippen LogP contribution in [0.2, 0.25) is 0 Å². The van der Waals surface area contributed by atoms with Crippen molar-refractivity contribution in [1.82, 2.24) is 0 Å². The van der Waals surface area contributed by atoms with Gasteiger partial charge < -0.3 is 10.0 Å². The molecule has 0 heterocycles. The lowest BCUT2D eigenvalue weighted by Gasteiger charge is -2.22. The third-order valence-electron chi connectivity index (χ3n) is 2.20. The first kappa shape index (κ1) is 15.5. The Morgan fingerprint density at radius 1 is 1.35 bits per heavy atom. The van der Waals surface area contributed by atoms with Crippen molar-refractivity contribution in [3.8, 4) is 0 Å². The highest BCUT2D eigenvalue weighted by Gasteiger charge is 2.02. The van der Waals surface area contributed by atoms with E-state index in [2.05, 4.69) is 11.8 Å². The van der Waals surface area contributed by atoms with Gasteiger partial charge in [-0.2, -0.15) is 0 Å². The summed E-state index contributed by atoms with van der Waals surface area (Å²) in [6.45, 7) is 3.66. The van der Waals surface area contributed by atoms with Gasteiger partial charge in [-0.1, -0.05) is 31.2 Å². The average Bonchev–Trinajstić information content (AvgIpc) is 2.29. The Morgan fingerprint density at radius 3 is 2.53 bits per heavy atom. The normalized spacial score (nSPS) is 9.94. The Hall–Kier alpha value is -1.48. The SMILES string of the molecule is CCCN(C/C=C/C(=O)O)c1ccccc1.Cl. The van der Waals surface area contributed by atoms with Crippen molar-refractivity contribution in [2.24, 2.45) is 0 Å². The first-order valence-corrected chi connectivity index (χ1v) is 5.43. The molecule has 0 bridgehead atoms. The third-order valence-corrected chi connectivity index (χ3v) is 2.20. The average molecular weight is 256 g/mol. The number of aliphatic carboxylic acids is 1. The van der Waals surface area contributed by atoms with Crippen molar-refractivity contribution in [2.75, 3.05) is 18.0 Å². The van der Waals surface area contributed by atoms with Gasteiger partial charge in [0.15, 0.2) is 0 Å². The lowest BCUT2D eigenvalue weighted by Crippen LogP contribution is -2.24. The highest BCUT2D eigenvalue weighted by Crippen LogP contribution is 2.13. The number of carboxylic acid groups (broad SMARTS) is 1. The summed E-state index contributed by atoms with van der Waals surface area (Å²) in [5, 5.41) is 8.52. The quantitative estimate of drug-likeness (QED) is 0.795. The molecular weight excluding hydrogens is 238 g/mol. The van der Waals surface area contributed by atoms with Crippen LogP contribution in [-0.2, 0) is 4.79 Å². The maximum atomic E-state index is 10.4. The van der Waals surface area contributed by atoms with Gasteiger partial charge in [0.1, 0.15) is 0 Å². The van der Waals surface area contributed by atoms with Crippen LogP contribution in [0.15, 0.2) is 42.5 Å². The summed E-state index contributed by atoms with van der Waals surface area (Å²) in [7, 11) is 0. The van der Waals surface area contributed by atoms with Gasteiger partial charge in [-0.3, -0.25) is 0 Å². The lowest BCUT2D eigenvalue weighted by molar-refractivity contribution is -0.131. The van der Waals surface area contributed by atoms with E-state index in [-0.39, 0.29) is 12.4 Å². The second-order valence-corrected chi connectivity index (χ2v) is 3.52. The summed E-state index contributed by atoms with van der Waals surface area (Å²) in [6, 6.07) is 10.0. The molecule has 0 saturated carbocycles. The largest absolute Gasteiger partial charge is 0.478 e. The Morgan fingerprint density at radius 2 is 2.00 bits per heavy atom. The third kappa shape index (κ3) is 5.97. The maximum absolute atomic E-state index is 10.4. The van der Waals surface area contributed by atoms with Crippen molar-refractivity contribution in [1.29, 1.82) is 0 Å². The van der Waals surface area contributed by atoms with E-state index in [0.717, 1.165) is 18.7 Å². The zero-order valence-corrected chi connectivity index (χ0v) is 10.7. The number of rotatable bonds is 6. The van der Waals surface area contributed by atoms with Crippen LogP contribution in [0.4, 0.5) is 5.69 Å². The van der Waals surface area contributed by atoms with Gasteiger partial charge in [0.2, 0.25) is 0 Å². The molecule has 0 aromatic heterocycles. The van der Waals surface area contributed by atoms with Crippen molar-refractivity contribution in [3.63, 3.8) is 0 Å². The van der Waals surface area contributed by atoms with Gasteiger partial charge in [-0.15, -0.1) is 12.4 Å². The van der Waals surface area contributed by atoms with Crippen LogP contribution < -0.4 is 4.90 Å². The molecule has 0 aliphatic rings. The molecule has 1 N–H and O–H groups in total. The molecule has 1 rings (SSSR count). The van der Waals surface area contributed by atoms with E-state index < -0.39 is 5.97 Å². The molecule has 0 aliphatic carbocycles. The highest BCUT2D eigenvalue weighted by molar-refractivity contribution is 5.85. The van der Waals surface area contributed by atoms with Gasteiger partial charge in [0.05, 0.1) is 0 Å². The second-order valence-electron chi connectivity index (χ2n) is 3.52. The summed E-state index contributed by atoms with van der Waals surface area (Å²) in [5.41, 5.74) is 1.12. The second kappa shape index (κ2) is 8.65. The molecule has 0 amide bonds. The molecule has 0 radical (unpaired) electrons. The standard InChI is InChI=1S/C13H17NO2.ClH/c1-2-10-14(11-6-9-13(15)16)12-7-4-3-5-8-12;/h3-9H,2,10-11H2,1H3,(H,15,16);1H/b9-6+;. The van der Waals surface area contributed by atoms with Crippen LogP contribution in [0, 0.1) is 0 Å². The molecule has 0 unspecified atom stereocenters. The molecular formula is C13H18ClNO2. The molecule has 0 saturated heterocycles. The fourth-order valence-electron chi connectivity index (χ4n) is 1.52. The number of benzene rings is 1. The number of hydrogen-bond acceptors (Lipinski definition) is 2. The van der Waals surface area contributed by atoms with Crippen LogP contribution in [-0.4, -0.2) is 24.2 Å². The summed E-state index contributed by atoms with van der Waals surface area (Å²) in [5.74, 6) is -0.899. The number of carbonyl (C=O) groups is 1. The van der Waals surface area contributed by atoms with Crippen molar-refractivity contribution >= 4 is 24.1 Å². The van der Waals surface area contributed by atoms with E-state index in [1.54, 1.807) is 6.08 Å². The van der Waals surface area contributed by atoms with Gasteiger partial charge in [-0.25, -0.2) is 4.79 Å². The van der Waals surface area contributed by atoms with E-state index in [1.807, 2.05) is 30.3 Å². The van der Waals surface area contributed by atoms with Crippen molar-refractivity contribution in [3.05, 3.63) is 42.5 Å². The highest BCUT2D eigenvalue weighted by atomic mass is 35.5. The van der Waals surface area contributed by atoms with Crippen molar-refractivity contribution < 1.29 is 9.90 Å². The Balaban J connectivity index is 0.00000256. The Bertz CT molecular complexity index is 352. The number of para-hydroxylation sites is 1. The lowest BCUT2D eigenvalue weighted by atomic mass is 10.2. The fourth-order valence-corrected chi connectivity index (χ4v) is 1.52. The minimum absolute atomic E-state index is 0. The topological polar surface area (TPSA) is 40.5 Å². The van der Waals surface area contributed by atoms with Gasteiger partial charge in [0, 0.05) is 24.9 Å². The van der Waals surface area contributed by atoms with Gasteiger partial charge >= 0.3 is 5.97 Å². The summed E-state index contributed by atoms with van der Waals surface area (Å²) in [4.78, 5) is 12.5. The number of hydrogen-bond donors (Lipinski definition) is 1. The van der Waals surface area contributed by atoms with Crippen LogP contribution in [0.5, 0.6) is 0 Å². The smallest absolute Gasteiger partial charge is 0.328 e. The molecule has 0 atom stereocenters. The first-order valence-electron chi connectivity index (χ1n) is 5.43. The number of carboxylic acids is 1. The van der Waals surface area contributed by atoms with E-state index in [0.29, 0.717) is 6.54 Å². The number of nitrogens with zero attached hydrogens (tertiary/aromatic N) is 1. The van der Waals surface area contributed by atoms with Crippen LogP contribution in [0.3, 0.4) is 0 Å². The molecule has 0 spiro atoms. The summed E-state index contributed by atoms with van der Waals surface area (Å²) in [6.07, 6.45) is 3.90. The summed E-state index contributed by atoms with van der Waals surface area (Å²) >= 11 is 0. The number of anilines is 1. The first-order chi connectivity index (χ1) is 7.74. The minimum atomic E-state index is -0.899. The Labute approximate surface area is 108 Å².